The fraction of sp³-hybridized carbons (Fsp3) is 0.130. The predicted octanol–water partition coefficient (Wildman–Crippen LogP) is 4.27. The van der Waals surface area contributed by atoms with Crippen LogP contribution in [0.5, 0.6) is 11.5 Å². The van der Waals surface area contributed by atoms with Gasteiger partial charge < -0.3 is 14.2 Å². The Hall–Kier alpha value is -3.60. The third kappa shape index (κ3) is 2.91. The standard InChI is InChI=1S/C23H17NO4/c25-23(22-14-26-20-11-5-6-12-21(20)28-22)27-13-19-17-9-2-1-7-15(17)16-8-3-4-10-18(16)24-19/h1-12,22H,13-14H2/t22-/m1/s1. The number of esters is 1. The van der Waals surface area contributed by atoms with E-state index in [1.54, 1.807) is 6.07 Å². The van der Waals surface area contributed by atoms with Gasteiger partial charge in [-0.25, -0.2) is 9.78 Å². The Kier molecular flexibility index (Phi) is 4.05. The molecule has 0 bridgehead atoms. The van der Waals surface area contributed by atoms with Crippen molar-refractivity contribution in [2.24, 2.45) is 0 Å². The van der Waals surface area contributed by atoms with Crippen molar-refractivity contribution in [3.63, 3.8) is 0 Å². The SMILES string of the molecule is O=C(OCc1nc2ccccc2c2ccccc12)[C@H]1COc2ccccc2O1. The first kappa shape index (κ1) is 16.6. The Morgan fingerprint density at radius 1 is 0.893 bits per heavy atom. The maximum absolute atomic E-state index is 12.5. The van der Waals surface area contributed by atoms with Gasteiger partial charge in [-0.1, -0.05) is 54.6 Å². The van der Waals surface area contributed by atoms with Crippen LogP contribution in [-0.2, 0) is 16.1 Å². The summed E-state index contributed by atoms with van der Waals surface area (Å²) in [6.45, 7) is 0.202. The van der Waals surface area contributed by atoms with E-state index in [1.165, 1.54) is 0 Å². The smallest absolute Gasteiger partial charge is 0.351 e. The van der Waals surface area contributed by atoms with E-state index in [0.717, 1.165) is 27.4 Å². The van der Waals surface area contributed by atoms with Crippen molar-refractivity contribution in [3.8, 4) is 11.5 Å². The van der Waals surface area contributed by atoms with Gasteiger partial charge >= 0.3 is 5.97 Å². The summed E-state index contributed by atoms with van der Waals surface area (Å²) in [6, 6.07) is 23.2. The molecule has 0 fully saturated rings. The molecule has 0 amide bonds. The molecule has 4 aromatic rings. The quantitative estimate of drug-likeness (QED) is 0.398. The Balaban J connectivity index is 1.39. The van der Waals surface area contributed by atoms with E-state index < -0.39 is 12.1 Å². The van der Waals surface area contributed by atoms with E-state index in [0.29, 0.717) is 11.5 Å². The lowest BCUT2D eigenvalue weighted by Crippen LogP contribution is -2.37. The summed E-state index contributed by atoms with van der Waals surface area (Å²) in [5, 5.41) is 3.14. The molecule has 0 saturated carbocycles. The number of ether oxygens (including phenoxy) is 3. The molecule has 1 aromatic heterocycles. The summed E-state index contributed by atoms with van der Waals surface area (Å²) in [5.74, 6) is 0.715. The second-order valence-corrected chi connectivity index (χ2v) is 6.59. The number of nitrogens with zero attached hydrogens (tertiary/aromatic N) is 1. The highest BCUT2D eigenvalue weighted by Crippen LogP contribution is 2.31. The van der Waals surface area contributed by atoms with Crippen LogP contribution in [0.2, 0.25) is 0 Å². The van der Waals surface area contributed by atoms with Gasteiger partial charge in [0.2, 0.25) is 6.10 Å². The summed E-state index contributed by atoms with van der Waals surface area (Å²) in [5.41, 5.74) is 1.60. The van der Waals surface area contributed by atoms with Crippen molar-refractivity contribution in [1.82, 2.24) is 4.98 Å². The van der Waals surface area contributed by atoms with E-state index in [4.69, 9.17) is 19.2 Å². The summed E-state index contributed by atoms with van der Waals surface area (Å²) < 4.78 is 16.8. The molecular weight excluding hydrogens is 354 g/mol. The van der Waals surface area contributed by atoms with Crippen LogP contribution in [0.3, 0.4) is 0 Å². The van der Waals surface area contributed by atoms with Crippen molar-refractivity contribution < 1.29 is 19.0 Å². The van der Waals surface area contributed by atoms with Crippen LogP contribution >= 0.6 is 0 Å². The van der Waals surface area contributed by atoms with Crippen LogP contribution < -0.4 is 9.47 Å². The summed E-state index contributed by atoms with van der Waals surface area (Å²) in [6.07, 6.45) is -0.790. The Morgan fingerprint density at radius 2 is 1.57 bits per heavy atom. The zero-order chi connectivity index (χ0) is 18.9. The van der Waals surface area contributed by atoms with Gasteiger partial charge in [-0.2, -0.15) is 0 Å². The zero-order valence-corrected chi connectivity index (χ0v) is 15.0. The molecule has 5 nitrogen and oxygen atoms in total. The lowest BCUT2D eigenvalue weighted by Gasteiger charge is -2.25. The molecule has 2 heterocycles. The molecule has 1 atom stereocenters. The molecule has 0 saturated heterocycles. The molecule has 138 valence electrons. The summed E-state index contributed by atoms with van der Waals surface area (Å²) in [4.78, 5) is 17.2. The highest BCUT2D eigenvalue weighted by molar-refractivity contribution is 6.06. The van der Waals surface area contributed by atoms with Gasteiger partial charge in [-0.05, 0) is 23.6 Å². The van der Waals surface area contributed by atoms with Crippen molar-refractivity contribution >= 4 is 27.6 Å². The minimum atomic E-state index is -0.790. The lowest BCUT2D eigenvalue weighted by molar-refractivity contribution is -0.155. The van der Waals surface area contributed by atoms with Crippen molar-refractivity contribution in [3.05, 3.63) is 78.5 Å². The van der Waals surface area contributed by atoms with Gasteiger partial charge in [0, 0.05) is 10.8 Å². The van der Waals surface area contributed by atoms with Gasteiger partial charge in [0.05, 0.1) is 11.2 Å². The molecule has 1 aliphatic rings. The third-order valence-corrected chi connectivity index (χ3v) is 4.81. The number of carbonyl (C=O) groups is 1. The molecule has 5 rings (SSSR count). The van der Waals surface area contributed by atoms with E-state index in [-0.39, 0.29) is 13.2 Å². The van der Waals surface area contributed by atoms with Crippen LogP contribution in [0.4, 0.5) is 0 Å². The number of carbonyl (C=O) groups excluding carboxylic acids is 1. The Morgan fingerprint density at radius 3 is 2.43 bits per heavy atom. The number of pyridine rings is 1. The number of hydrogen-bond donors (Lipinski definition) is 0. The molecule has 1 aliphatic heterocycles. The maximum Gasteiger partial charge on any atom is 0.351 e. The maximum atomic E-state index is 12.5. The van der Waals surface area contributed by atoms with Gasteiger partial charge in [0.1, 0.15) is 13.2 Å². The normalized spacial score (nSPS) is 15.5. The predicted molar refractivity (Wildman–Crippen MR) is 105 cm³/mol. The van der Waals surface area contributed by atoms with Crippen molar-refractivity contribution in [2.75, 3.05) is 6.61 Å². The monoisotopic (exact) mass is 371 g/mol. The molecular formula is C23H17NO4. The summed E-state index contributed by atoms with van der Waals surface area (Å²) in [7, 11) is 0. The number of para-hydroxylation sites is 3. The van der Waals surface area contributed by atoms with Gasteiger partial charge in [-0.3, -0.25) is 0 Å². The largest absolute Gasteiger partial charge is 0.485 e. The van der Waals surface area contributed by atoms with Crippen LogP contribution in [0.15, 0.2) is 72.8 Å². The fourth-order valence-corrected chi connectivity index (χ4v) is 3.45. The van der Waals surface area contributed by atoms with Crippen LogP contribution in [0.25, 0.3) is 21.7 Å². The topological polar surface area (TPSA) is 57.7 Å². The number of fused-ring (bicyclic) bond motifs is 4. The highest BCUT2D eigenvalue weighted by atomic mass is 16.6. The number of hydrogen-bond acceptors (Lipinski definition) is 5. The first-order valence-corrected chi connectivity index (χ1v) is 9.11. The van der Waals surface area contributed by atoms with Gasteiger partial charge in [0.25, 0.3) is 0 Å². The van der Waals surface area contributed by atoms with E-state index in [9.17, 15) is 4.79 Å². The first-order valence-electron chi connectivity index (χ1n) is 9.11. The minimum Gasteiger partial charge on any atom is -0.485 e. The number of rotatable bonds is 3. The fourth-order valence-electron chi connectivity index (χ4n) is 3.45. The number of aromatic nitrogens is 1. The molecule has 0 aliphatic carbocycles. The van der Waals surface area contributed by atoms with Crippen molar-refractivity contribution in [1.29, 1.82) is 0 Å². The second kappa shape index (κ2) is 6.85. The molecule has 0 unspecified atom stereocenters. The zero-order valence-electron chi connectivity index (χ0n) is 15.0. The van der Waals surface area contributed by atoms with E-state index in [1.807, 2.05) is 60.7 Å². The molecule has 0 radical (unpaired) electrons. The molecule has 0 N–H and O–H groups in total. The molecule has 5 heteroatoms. The Labute approximate surface area is 161 Å². The minimum absolute atomic E-state index is 0.0751. The third-order valence-electron chi connectivity index (χ3n) is 4.81. The van der Waals surface area contributed by atoms with Crippen molar-refractivity contribution in [2.45, 2.75) is 12.7 Å². The first-order chi connectivity index (χ1) is 13.8. The second-order valence-electron chi connectivity index (χ2n) is 6.59. The number of benzene rings is 3. The molecule has 28 heavy (non-hydrogen) atoms. The molecule has 0 spiro atoms. The summed E-state index contributed by atoms with van der Waals surface area (Å²) >= 11 is 0. The lowest BCUT2D eigenvalue weighted by atomic mass is 10.0. The average molecular weight is 371 g/mol. The Bertz CT molecular complexity index is 1190. The average Bonchev–Trinajstić information content (AvgIpc) is 2.77. The van der Waals surface area contributed by atoms with Gasteiger partial charge in [0.15, 0.2) is 11.5 Å². The van der Waals surface area contributed by atoms with Crippen LogP contribution in [0.1, 0.15) is 5.69 Å². The van der Waals surface area contributed by atoms with Crippen LogP contribution in [0, 0.1) is 0 Å². The highest BCUT2D eigenvalue weighted by Gasteiger charge is 2.28. The molecule has 3 aromatic carbocycles. The van der Waals surface area contributed by atoms with E-state index in [2.05, 4.69) is 6.07 Å². The van der Waals surface area contributed by atoms with E-state index >= 15 is 0 Å². The van der Waals surface area contributed by atoms with Crippen LogP contribution in [-0.4, -0.2) is 23.7 Å². The van der Waals surface area contributed by atoms with Gasteiger partial charge in [-0.15, -0.1) is 0 Å².